The molecule has 0 radical (unpaired) electrons. The maximum atomic E-state index is 11.8. The van der Waals surface area contributed by atoms with E-state index in [0.717, 1.165) is 67.3 Å². The third-order valence-electron chi connectivity index (χ3n) is 10.3. The van der Waals surface area contributed by atoms with Crippen LogP contribution < -0.4 is 0 Å². The van der Waals surface area contributed by atoms with Crippen molar-refractivity contribution in [2.24, 2.45) is 0 Å². The molecule has 0 unspecified atom stereocenters. The average Bonchev–Trinajstić information content (AvgIpc) is 3.13. The monoisotopic (exact) mass is 876 g/mol. The first-order valence-electron chi connectivity index (χ1n) is 19.4. The van der Waals surface area contributed by atoms with Gasteiger partial charge in [-0.25, -0.2) is 9.97 Å². The van der Waals surface area contributed by atoms with Gasteiger partial charge in [0, 0.05) is 33.4 Å². The van der Waals surface area contributed by atoms with Crippen molar-refractivity contribution in [1.29, 1.82) is 0 Å². The molecule has 57 heavy (non-hydrogen) atoms. The van der Waals surface area contributed by atoms with Gasteiger partial charge in [-0.2, -0.15) is 0 Å². The predicted octanol–water partition coefficient (Wildman–Crippen LogP) is 14.8. The summed E-state index contributed by atoms with van der Waals surface area (Å²) in [5, 5.41) is 23.6. The molecule has 6 rings (SSSR count). The van der Waals surface area contributed by atoms with Gasteiger partial charge >= 0.3 is 37.9 Å². The van der Waals surface area contributed by atoms with Crippen LogP contribution in [0.3, 0.4) is 0 Å². The Bertz CT molecular complexity index is 2210. The van der Waals surface area contributed by atoms with Gasteiger partial charge in [0.15, 0.2) is 0 Å². The van der Waals surface area contributed by atoms with Crippen molar-refractivity contribution in [3.8, 4) is 67.7 Å². The van der Waals surface area contributed by atoms with Gasteiger partial charge in [-0.15, -0.1) is 0 Å². The Balaban J connectivity index is 0.00000200. The zero-order valence-electron chi connectivity index (χ0n) is 35.4. The molecule has 0 saturated heterocycles. The van der Waals surface area contributed by atoms with E-state index in [1.807, 2.05) is 60.7 Å². The second kappa shape index (κ2) is 17.2. The number of rotatable bonds is 5. The Kier molecular flexibility index (Phi) is 13.4. The van der Waals surface area contributed by atoms with Gasteiger partial charge < -0.3 is 10.2 Å². The Morgan fingerprint density at radius 3 is 0.982 bits per heavy atom. The van der Waals surface area contributed by atoms with Crippen molar-refractivity contribution >= 4 is 17.0 Å². The SMILES string of the molecule is CC(C)(C)c1cc(-c2ccccc2-c2cccc(-c3cccc(-c4ccccc4-c4cc(C(C)(C)C)cc(C(C)(C)C)c4O)n3)n2)c(O)c(C(C)(C)C)c1.[Cl][Zr][Cl]. The van der Waals surface area contributed by atoms with Gasteiger partial charge in [0.25, 0.3) is 0 Å². The number of phenolic OH excluding ortho intramolecular Hbond substituents is 2. The van der Waals surface area contributed by atoms with E-state index in [9.17, 15) is 10.2 Å². The number of pyridine rings is 2. The molecule has 296 valence electrons. The molecule has 2 N–H and O–H groups in total. The number of halogens is 2. The molecule has 4 aromatic carbocycles. The van der Waals surface area contributed by atoms with Crippen LogP contribution in [0, 0.1) is 0 Å². The molecule has 0 bridgehead atoms. The summed E-state index contributed by atoms with van der Waals surface area (Å²) in [6, 6.07) is 37.0. The molecule has 7 heteroatoms. The van der Waals surface area contributed by atoms with Crippen LogP contribution in [0.4, 0.5) is 0 Å². The van der Waals surface area contributed by atoms with Crippen molar-refractivity contribution in [2.75, 3.05) is 0 Å². The standard InChI is InChI=1S/C50H56N2O2.2ClH.Zr/c1-47(2,3)31-27-37(45(53)39(29-31)49(7,8)9)33-19-13-15-21-35(33)41-23-17-25-43(51-41)44-26-18-24-42(52-44)36-22-16-14-20-34(36)38-28-32(48(4,5)6)30-40(46(38)54)50(10,11)12;;;/h13-30,53-54H,1-12H3;2*1H;/q;;;+2/p-2. The van der Waals surface area contributed by atoms with Crippen LogP contribution in [-0.4, -0.2) is 20.2 Å². The van der Waals surface area contributed by atoms with Crippen molar-refractivity contribution in [3.63, 3.8) is 0 Å². The number of benzene rings is 4. The summed E-state index contributed by atoms with van der Waals surface area (Å²) < 4.78 is 0. The normalized spacial score (nSPS) is 12.2. The van der Waals surface area contributed by atoms with Crippen LogP contribution >= 0.6 is 17.0 Å². The molecule has 0 aliphatic rings. The Morgan fingerprint density at radius 2 is 0.684 bits per heavy atom. The van der Waals surface area contributed by atoms with Crippen molar-refractivity contribution in [2.45, 2.75) is 105 Å². The third-order valence-corrected chi connectivity index (χ3v) is 10.3. The van der Waals surface area contributed by atoms with Gasteiger partial charge in [-0.05, 0) is 80.3 Å². The summed E-state index contributed by atoms with van der Waals surface area (Å²) in [6.45, 7) is 26.1. The van der Waals surface area contributed by atoms with Crippen molar-refractivity contribution in [3.05, 3.63) is 131 Å². The van der Waals surface area contributed by atoms with E-state index in [0.29, 0.717) is 11.5 Å². The van der Waals surface area contributed by atoms with E-state index in [1.54, 1.807) is 0 Å². The van der Waals surface area contributed by atoms with E-state index in [-0.39, 0.29) is 21.7 Å². The topological polar surface area (TPSA) is 66.2 Å². The van der Waals surface area contributed by atoms with Crippen LogP contribution in [0.2, 0.25) is 0 Å². The molecule has 2 aromatic heterocycles. The maximum absolute atomic E-state index is 11.8. The number of nitrogens with zero attached hydrogens (tertiary/aromatic N) is 2. The third kappa shape index (κ3) is 10.1. The van der Waals surface area contributed by atoms with E-state index in [1.165, 1.54) is 11.1 Å². The van der Waals surface area contributed by atoms with Crippen LogP contribution in [0.15, 0.2) is 109 Å². The van der Waals surface area contributed by atoms with Gasteiger partial charge in [-0.3, -0.25) is 0 Å². The van der Waals surface area contributed by atoms with Crippen molar-refractivity contribution < 1.29 is 31.1 Å². The first kappa shape index (κ1) is 44.3. The van der Waals surface area contributed by atoms with Gasteiger partial charge in [0.05, 0.1) is 22.8 Å². The fourth-order valence-corrected chi connectivity index (χ4v) is 7.03. The molecule has 0 aliphatic heterocycles. The Labute approximate surface area is 359 Å². The number of aromatic hydroxyl groups is 2. The molecule has 4 nitrogen and oxygen atoms in total. The Morgan fingerprint density at radius 1 is 0.386 bits per heavy atom. The molecule has 0 saturated carbocycles. The molecule has 0 amide bonds. The number of phenols is 2. The van der Waals surface area contributed by atoms with E-state index in [4.69, 9.17) is 27.0 Å². The molecular weight excluding hydrogens is 823 g/mol. The van der Waals surface area contributed by atoms with Crippen LogP contribution in [-0.2, 0) is 42.5 Å². The fraction of sp³-hybridized carbons (Fsp3) is 0.320. The van der Waals surface area contributed by atoms with Gasteiger partial charge in [0.1, 0.15) is 11.5 Å². The molecule has 0 atom stereocenters. The van der Waals surface area contributed by atoms with E-state index < -0.39 is 20.8 Å². The molecular formula is C50H56Cl2N2O2Zr. The van der Waals surface area contributed by atoms with E-state index >= 15 is 0 Å². The molecule has 0 aliphatic carbocycles. The van der Waals surface area contributed by atoms with Crippen LogP contribution in [0.5, 0.6) is 11.5 Å². The van der Waals surface area contributed by atoms with Gasteiger partial charge in [0.2, 0.25) is 0 Å². The summed E-state index contributed by atoms with van der Waals surface area (Å²) >= 11 is -0.826. The average molecular weight is 879 g/mol. The summed E-state index contributed by atoms with van der Waals surface area (Å²) in [5.74, 6) is 0.613. The minimum atomic E-state index is -0.826. The molecule has 0 spiro atoms. The zero-order valence-corrected chi connectivity index (χ0v) is 39.4. The number of aromatic nitrogens is 2. The van der Waals surface area contributed by atoms with E-state index in [2.05, 4.69) is 132 Å². The summed E-state index contributed by atoms with van der Waals surface area (Å²) in [4.78, 5) is 10.4. The second-order valence-electron chi connectivity index (χ2n) is 18.8. The minimum absolute atomic E-state index is 0.103. The second-order valence-corrected chi connectivity index (χ2v) is 22.6. The molecule has 2 heterocycles. The quantitative estimate of drug-likeness (QED) is 0.181. The van der Waals surface area contributed by atoms with Crippen LogP contribution in [0.1, 0.15) is 105 Å². The number of hydrogen-bond donors (Lipinski definition) is 2. The predicted molar refractivity (Wildman–Crippen MR) is 239 cm³/mol. The van der Waals surface area contributed by atoms with Gasteiger partial charge in [-0.1, -0.05) is 156 Å². The first-order chi connectivity index (χ1) is 26.6. The summed E-state index contributed by atoms with van der Waals surface area (Å²) in [6.07, 6.45) is 0. The zero-order chi connectivity index (χ0) is 42.1. The number of hydrogen-bond acceptors (Lipinski definition) is 4. The van der Waals surface area contributed by atoms with Crippen molar-refractivity contribution in [1.82, 2.24) is 9.97 Å². The molecule has 6 aromatic rings. The summed E-state index contributed by atoms with van der Waals surface area (Å²) in [5.41, 5.74) is 11.9. The first-order valence-corrected chi connectivity index (χ1v) is 25.8. The Hall–Kier alpha value is -3.76. The summed E-state index contributed by atoms with van der Waals surface area (Å²) in [7, 11) is 9.87. The fourth-order valence-electron chi connectivity index (χ4n) is 7.03. The molecule has 0 fully saturated rings. The van der Waals surface area contributed by atoms with Crippen LogP contribution in [0.25, 0.3) is 56.2 Å².